The number of hydroxylamine groups is 4. The lowest BCUT2D eigenvalue weighted by Crippen LogP contribution is -2.53. The summed E-state index contributed by atoms with van der Waals surface area (Å²) in [5.74, 6) is -8.24. The van der Waals surface area contributed by atoms with Crippen LogP contribution in [0.4, 0.5) is 0 Å². The van der Waals surface area contributed by atoms with Crippen molar-refractivity contribution >= 4 is 99.7 Å². The van der Waals surface area contributed by atoms with Gasteiger partial charge in [0.25, 0.3) is 29.5 Å². The normalized spacial score (nSPS) is 16.6. The highest BCUT2D eigenvalue weighted by Gasteiger charge is 2.37. The van der Waals surface area contributed by atoms with E-state index in [-0.39, 0.29) is 114 Å². The van der Waals surface area contributed by atoms with Crippen molar-refractivity contribution in [3.05, 3.63) is 0 Å². The molecule has 0 aromatic rings. The van der Waals surface area contributed by atoms with E-state index in [0.29, 0.717) is 16.5 Å². The van der Waals surface area contributed by atoms with Crippen molar-refractivity contribution in [3.63, 3.8) is 0 Å². The molecule has 2 aliphatic heterocycles. The molecule has 2 rings (SSSR count). The molecular formula is C36H58N8O22S3. The molecule has 3 unspecified atom stereocenters. The standard InChI is InChI=1S/C19H36N6O12S3.C17H22N2O10/c20-9(17(32)33)5-38-7-11(26)22-1-2-24-16(31)14(29)13(28)15(30)19(36)40(37)25-4-3-23-12(27)8-39-6-10(21)18(34)35;20-12-2-3-13(21)18(12)28-16(24)6-10-26-8-1-9-27-11-7-17(25)29-19-14(22)4-5-15(19)23/h9-10,13-15,19,25,28-30,36H,1-8,20-21H2,(H,22,26)(H,23,27)(H,24,31)(H,32,33)(H,34,35);1-11H2/t9?,10?,13-,14-,15-,19-,40?;/m0./s1. The summed E-state index contributed by atoms with van der Waals surface area (Å²) in [6.45, 7) is 0.221. The maximum absolute atomic E-state index is 12.1. The van der Waals surface area contributed by atoms with Crippen LogP contribution < -0.4 is 32.1 Å². The third-order valence-corrected chi connectivity index (χ3v) is 11.8. The number of ether oxygens (including phenoxy) is 2. The lowest BCUT2D eigenvalue weighted by atomic mass is 10.1. The van der Waals surface area contributed by atoms with Crippen molar-refractivity contribution in [2.24, 2.45) is 11.5 Å². The third-order valence-electron chi connectivity index (χ3n) is 8.46. The van der Waals surface area contributed by atoms with Gasteiger partial charge in [-0.2, -0.15) is 0 Å². The number of amides is 7. The van der Waals surface area contributed by atoms with Crippen molar-refractivity contribution in [3.8, 4) is 0 Å². The lowest BCUT2D eigenvalue weighted by Gasteiger charge is -2.25. The summed E-state index contributed by atoms with van der Waals surface area (Å²) in [4.78, 5) is 134. The molecule has 392 valence electrons. The van der Waals surface area contributed by atoms with Crippen molar-refractivity contribution in [2.75, 3.05) is 75.6 Å². The summed E-state index contributed by atoms with van der Waals surface area (Å²) in [5.41, 5.74) is 8.48. The molecule has 0 spiro atoms. The first-order chi connectivity index (χ1) is 32.6. The second-order valence-corrected chi connectivity index (χ2v) is 17.5. The van der Waals surface area contributed by atoms with Crippen LogP contribution in [-0.4, -0.2) is 222 Å². The molecule has 0 bridgehead atoms. The van der Waals surface area contributed by atoms with Gasteiger partial charge in [-0.05, 0) is 6.42 Å². The first kappa shape index (κ1) is 62.1. The number of carbonyl (C=O) groups is 11. The highest BCUT2D eigenvalue weighted by molar-refractivity contribution is 8.00. The van der Waals surface area contributed by atoms with Crippen molar-refractivity contribution in [1.82, 2.24) is 30.8 Å². The molecule has 0 aromatic carbocycles. The number of carboxylic acid groups (broad SMARTS) is 2. The fourth-order valence-corrected chi connectivity index (χ4v) is 7.25. The number of aliphatic hydroxyl groups is 4. The Bertz CT molecular complexity index is 1650. The van der Waals surface area contributed by atoms with Gasteiger partial charge >= 0.3 is 23.9 Å². The second-order valence-electron chi connectivity index (χ2n) is 14.1. The molecule has 2 fully saturated rings. The molecule has 33 heteroatoms. The van der Waals surface area contributed by atoms with Gasteiger partial charge in [0.2, 0.25) is 11.8 Å². The number of carbonyl (C=O) groups excluding carboxylic acids is 9. The smallest absolute Gasteiger partial charge is 0.335 e. The van der Waals surface area contributed by atoms with Gasteiger partial charge in [-0.1, -0.05) is 0 Å². The Morgan fingerprint density at radius 1 is 0.609 bits per heavy atom. The molecular weight excluding hydrogens is 993 g/mol. The maximum atomic E-state index is 12.1. The SMILES string of the molecule is NC(CSCC(=O)NCCNC(=O)[C@@H](O)[C@H](O)[C@H](O)[C@@H](O)S(=O)NCCNC(=O)CSCC(N)C(=O)O)C(=O)O.O=C(CCOCCCOCCC(=O)ON1C(=O)CCC1=O)ON1C(=O)CCC1=O. The number of aliphatic carboxylic acids is 2. The average molecular weight is 1050 g/mol. The van der Waals surface area contributed by atoms with Gasteiger partial charge in [0.1, 0.15) is 35.3 Å². The molecule has 2 aliphatic rings. The van der Waals surface area contributed by atoms with Gasteiger partial charge in [0, 0.05) is 76.6 Å². The van der Waals surface area contributed by atoms with E-state index in [2.05, 4.69) is 30.3 Å². The van der Waals surface area contributed by atoms with Crippen LogP contribution in [0.1, 0.15) is 44.9 Å². The van der Waals surface area contributed by atoms with Crippen LogP contribution in [0.5, 0.6) is 0 Å². The molecule has 2 saturated heterocycles. The zero-order chi connectivity index (χ0) is 52.1. The van der Waals surface area contributed by atoms with Gasteiger partial charge in [-0.15, -0.1) is 33.7 Å². The minimum absolute atomic E-state index is 0.0153. The largest absolute Gasteiger partial charge is 0.480 e. The second kappa shape index (κ2) is 34.4. The predicted molar refractivity (Wildman–Crippen MR) is 235 cm³/mol. The summed E-state index contributed by atoms with van der Waals surface area (Å²) in [6.07, 6.45) is -6.26. The van der Waals surface area contributed by atoms with Crippen LogP contribution >= 0.6 is 23.5 Å². The molecule has 7 amide bonds. The Labute approximate surface area is 404 Å². The number of hydrogen-bond donors (Lipinski definition) is 12. The quantitative estimate of drug-likeness (QED) is 0.0210. The average Bonchev–Trinajstić information content (AvgIpc) is 3.80. The Morgan fingerprint density at radius 2 is 1.00 bits per heavy atom. The fraction of sp³-hybridized carbons (Fsp3) is 0.694. The molecule has 0 saturated carbocycles. The fourth-order valence-electron chi connectivity index (χ4n) is 4.76. The summed E-state index contributed by atoms with van der Waals surface area (Å²) in [5, 5.41) is 65.2. The molecule has 2 heterocycles. The van der Waals surface area contributed by atoms with E-state index in [1.54, 1.807) is 0 Å². The number of hydrogen-bond acceptors (Lipinski definition) is 24. The minimum atomic E-state index is -2.37. The number of nitrogens with zero attached hydrogens (tertiary/aromatic N) is 2. The van der Waals surface area contributed by atoms with E-state index in [1.165, 1.54) is 0 Å². The van der Waals surface area contributed by atoms with E-state index in [1.807, 2.05) is 0 Å². The van der Waals surface area contributed by atoms with E-state index < -0.39 is 112 Å². The van der Waals surface area contributed by atoms with E-state index >= 15 is 0 Å². The summed E-state index contributed by atoms with van der Waals surface area (Å²) < 4.78 is 24.8. The molecule has 69 heavy (non-hydrogen) atoms. The van der Waals surface area contributed by atoms with Crippen molar-refractivity contribution in [1.29, 1.82) is 0 Å². The Morgan fingerprint density at radius 3 is 1.41 bits per heavy atom. The highest BCUT2D eigenvalue weighted by Crippen LogP contribution is 2.14. The lowest BCUT2D eigenvalue weighted by molar-refractivity contribution is -0.198. The zero-order valence-corrected chi connectivity index (χ0v) is 39.3. The van der Waals surface area contributed by atoms with Crippen molar-refractivity contribution < 1.29 is 107 Å². The predicted octanol–water partition coefficient (Wildman–Crippen LogP) is -7.32. The van der Waals surface area contributed by atoms with Crippen LogP contribution in [0, 0.1) is 0 Å². The van der Waals surface area contributed by atoms with Gasteiger partial charge in [-0.3, -0.25) is 43.2 Å². The van der Waals surface area contributed by atoms with Gasteiger partial charge < -0.3 is 77.2 Å². The molecule has 0 aliphatic carbocycles. The van der Waals surface area contributed by atoms with E-state index in [0.717, 1.165) is 23.5 Å². The van der Waals surface area contributed by atoms with E-state index in [4.69, 9.17) is 31.2 Å². The first-order valence-corrected chi connectivity index (χ1v) is 24.2. The number of thioether (sulfide) groups is 2. The van der Waals surface area contributed by atoms with Crippen LogP contribution in [0.25, 0.3) is 0 Å². The minimum Gasteiger partial charge on any atom is -0.480 e. The summed E-state index contributed by atoms with van der Waals surface area (Å²) in [7, 11) is -2.37. The molecule has 7 atom stereocenters. The maximum Gasteiger partial charge on any atom is 0.335 e. The van der Waals surface area contributed by atoms with Crippen LogP contribution in [0.2, 0.25) is 0 Å². The van der Waals surface area contributed by atoms with E-state index in [9.17, 15) is 77.4 Å². The number of aliphatic hydroxyl groups excluding tert-OH is 4. The number of rotatable bonds is 34. The topological polar surface area (TPSA) is 470 Å². The van der Waals surface area contributed by atoms with Gasteiger partial charge in [0.05, 0.1) is 37.6 Å². The van der Waals surface area contributed by atoms with Crippen LogP contribution in [0.3, 0.4) is 0 Å². The first-order valence-electron chi connectivity index (χ1n) is 20.7. The Kier molecular flexibility index (Phi) is 30.9. The van der Waals surface area contributed by atoms with Gasteiger partial charge in [-0.25, -0.2) is 18.5 Å². The number of imide groups is 2. The third kappa shape index (κ3) is 26.0. The number of nitrogens with two attached hydrogens (primary N) is 2. The molecule has 0 aromatic heterocycles. The highest BCUT2D eigenvalue weighted by atomic mass is 32.2. The number of carboxylic acids is 2. The van der Waals surface area contributed by atoms with Gasteiger partial charge in [0.15, 0.2) is 11.5 Å². The zero-order valence-electron chi connectivity index (χ0n) is 36.9. The number of nitrogens with one attached hydrogen (secondary N) is 4. The molecule has 0 radical (unpaired) electrons. The Balaban J connectivity index is 0.000000723. The van der Waals surface area contributed by atoms with Crippen LogP contribution in [0.15, 0.2) is 0 Å². The Hall–Kier alpha value is -4.94. The summed E-state index contributed by atoms with van der Waals surface area (Å²) >= 11 is 1.99. The van der Waals surface area contributed by atoms with Crippen LogP contribution in [-0.2, 0) is 82.9 Å². The van der Waals surface area contributed by atoms with Crippen molar-refractivity contribution in [2.45, 2.75) is 80.8 Å². The molecule has 30 nitrogen and oxygen atoms in total. The molecule has 14 N–H and O–H groups in total. The summed E-state index contributed by atoms with van der Waals surface area (Å²) in [6, 6.07) is -2.23. The monoisotopic (exact) mass is 1050 g/mol.